The highest BCUT2D eigenvalue weighted by molar-refractivity contribution is 7.99. The molecular formula is C10H12ClNO3S. The first-order valence-electron chi connectivity index (χ1n) is 4.72. The fraction of sp³-hybridized carbons (Fsp3) is 0.400. The predicted octanol–water partition coefficient (Wildman–Crippen LogP) is 2.30. The summed E-state index contributed by atoms with van der Waals surface area (Å²) in [4.78, 5) is 14.9. The largest absolute Gasteiger partial charge is 0.478 e. The summed E-state index contributed by atoms with van der Waals surface area (Å²) in [6, 6.07) is 2.89. The van der Waals surface area contributed by atoms with Crippen LogP contribution in [-0.2, 0) is 0 Å². The van der Waals surface area contributed by atoms with Crippen LogP contribution in [-0.4, -0.2) is 33.0 Å². The van der Waals surface area contributed by atoms with E-state index in [9.17, 15) is 4.79 Å². The van der Waals surface area contributed by atoms with Crippen LogP contribution in [0.2, 0.25) is 5.15 Å². The molecular weight excluding hydrogens is 250 g/mol. The molecule has 0 spiro atoms. The van der Waals surface area contributed by atoms with Crippen LogP contribution in [0.1, 0.15) is 23.7 Å². The number of hydrogen-bond acceptors (Lipinski definition) is 4. The molecule has 0 amide bonds. The first kappa shape index (κ1) is 13.3. The van der Waals surface area contributed by atoms with Gasteiger partial charge in [-0.25, -0.2) is 9.78 Å². The average molecular weight is 262 g/mol. The molecule has 1 aromatic rings. The van der Waals surface area contributed by atoms with E-state index in [0.717, 1.165) is 0 Å². The van der Waals surface area contributed by atoms with E-state index in [1.165, 1.54) is 23.9 Å². The number of aromatic nitrogens is 1. The predicted molar refractivity (Wildman–Crippen MR) is 63.2 cm³/mol. The number of aromatic carboxylic acids is 1. The molecule has 1 aromatic heterocycles. The van der Waals surface area contributed by atoms with Crippen molar-refractivity contribution in [1.82, 2.24) is 4.98 Å². The molecule has 1 unspecified atom stereocenters. The van der Waals surface area contributed by atoms with Gasteiger partial charge in [0.2, 0.25) is 0 Å². The van der Waals surface area contributed by atoms with Gasteiger partial charge < -0.3 is 10.2 Å². The maximum Gasteiger partial charge on any atom is 0.338 e. The fourth-order valence-corrected chi connectivity index (χ4v) is 2.34. The second-order valence-electron chi connectivity index (χ2n) is 3.23. The summed E-state index contributed by atoms with van der Waals surface area (Å²) in [5.41, 5.74) is 0.138. The lowest BCUT2D eigenvalue weighted by atomic mass is 10.3. The van der Waals surface area contributed by atoms with Crippen molar-refractivity contribution < 1.29 is 15.0 Å². The number of carbonyl (C=O) groups is 1. The van der Waals surface area contributed by atoms with Crippen LogP contribution >= 0.6 is 23.4 Å². The van der Waals surface area contributed by atoms with Gasteiger partial charge >= 0.3 is 5.97 Å². The molecule has 16 heavy (non-hydrogen) atoms. The molecule has 2 N–H and O–H groups in total. The van der Waals surface area contributed by atoms with Crippen molar-refractivity contribution in [1.29, 1.82) is 0 Å². The Labute approximate surface area is 103 Å². The van der Waals surface area contributed by atoms with Crippen LogP contribution in [0.3, 0.4) is 0 Å². The summed E-state index contributed by atoms with van der Waals surface area (Å²) in [6.45, 7) is 1.96. The van der Waals surface area contributed by atoms with Gasteiger partial charge in [-0.1, -0.05) is 18.5 Å². The quantitative estimate of drug-likeness (QED) is 0.629. The molecule has 0 aliphatic rings. The highest BCUT2D eigenvalue weighted by atomic mass is 35.5. The van der Waals surface area contributed by atoms with Crippen molar-refractivity contribution in [3.8, 4) is 0 Å². The Hall–Kier alpha value is -0.780. The van der Waals surface area contributed by atoms with E-state index in [2.05, 4.69) is 4.98 Å². The first-order valence-corrected chi connectivity index (χ1v) is 5.97. The SMILES string of the molecule is CC(CCO)Sc1nc(Cl)ccc1C(=O)O. The molecule has 6 heteroatoms. The van der Waals surface area contributed by atoms with Gasteiger partial charge in [-0.3, -0.25) is 0 Å². The highest BCUT2D eigenvalue weighted by Crippen LogP contribution is 2.27. The van der Waals surface area contributed by atoms with Crippen LogP contribution in [0.15, 0.2) is 17.2 Å². The number of nitrogens with zero attached hydrogens (tertiary/aromatic N) is 1. The van der Waals surface area contributed by atoms with Gasteiger partial charge in [-0.15, -0.1) is 11.8 Å². The Balaban J connectivity index is 2.92. The number of carboxylic acid groups (broad SMARTS) is 1. The third-order valence-electron chi connectivity index (χ3n) is 1.91. The number of rotatable bonds is 5. The maximum atomic E-state index is 10.9. The second kappa shape index (κ2) is 6.08. The van der Waals surface area contributed by atoms with Crippen molar-refractivity contribution in [3.63, 3.8) is 0 Å². The average Bonchev–Trinajstić information content (AvgIpc) is 2.17. The highest BCUT2D eigenvalue weighted by Gasteiger charge is 2.15. The Morgan fingerprint density at radius 3 is 2.88 bits per heavy atom. The van der Waals surface area contributed by atoms with E-state index < -0.39 is 5.97 Å². The molecule has 0 aromatic carbocycles. The lowest BCUT2D eigenvalue weighted by Gasteiger charge is -2.10. The summed E-state index contributed by atoms with van der Waals surface area (Å²) >= 11 is 7.02. The van der Waals surface area contributed by atoms with Gasteiger partial charge in [0.1, 0.15) is 10.2 Å². The normalized spacial score (nSPS) is 12.4. The molecule has 1 heterocycles. The van der Waals surface area contributed by atoms with Crippen molar-refractivity contribution in [3.05, 3.63) is 22.8 Å². The molecule has 0 fully saturated rings. The van der Waals surface area contributed by atoms with Crippen molar-refractivity contribution in [2.45, 2.75) is 23.6 Å². The lowest BCUT2D eigenvalue weighted by molar-refractivity contribution is 0.0692. The maximum absolute atomic E-state index is 10.9. The Bertz CT molecular complexity index is 386. The second-order valence-corrected chi connectivity index (χ2v) is 5.05. The van der Waals surface area contributed by atoms with E-state index in [4.69, 9.17) is 21.8 Å². The van der Waals surface area contributed by atoms with Gasteiger partial charge in [0.05, 0.1) is 5.56 Å². The van der Waals surface area contributed by atoms with Crippen LogP contribution in [0.5, 0.6) is 0 Å². The molecule has 0 radical (unpaired) electrons. The third kappa shape index (κ3) is 3.66. The lowest BCUT2D eigenvalue weighted by Crippen LogP contribution is -2.05. The first-order chi connectivity index (χ1) is 7.54. The van der Waals surface area contributed by atoms with Crippen LogP contribution in [0, 0.1) is 0 Å². The molecule has 0 aliphatic carbocycles. The molecule has 88 valence electrons. The van der Waals surface area contributed by atoms with E-state index in [1.807, 2.05) is 6.92 Å². The van der Waals surface area contributed by atoms with Gasteiger partial charge in [-0.05, 0) is 18.6 Å². The topological polar surface area (TPSA) is 70.4 Å². The number of halogens is 1. The number of carboxylic acids is 1. The van der Waals surface area contributed by atoms with Gasteiger partial charge in [0.15, 0.2) is 0 Å². The van der Waals surface area contributed by atoms with Crippen molar-refractivity contribution in [2.75, 3.05) is 6.61 Å². The molecule has 1 atom stereocenters. The van der Waals surface area contributed by atoms with Crippen LogP contribution in [0.25, 0.3) is 0 Å². The number of pyridine rings is 1. The minimum absolute atomic E-state index is 0.0666. The number of thioether (sulfide) groups is 1. The summed E-state index contributed by atoms with van der Waals surface area (Å²) in [7, 11) is 0. The standard InChI is InChI=1S/C10H12ClNO3S/c1-6(4-5-13)16-9-7(10(14)15)2-3-8(11)12-9/h2-3,6,13H,4-5H2,1H3,(H,14,15). The number of aliphatic hydroxyl groups excluding tert-OH is 1. The Morgan fingerprint density at radius 1 is 1.62 bits per heavy atom. The molecule has 0 aliphatic heterocycles. The van der Waals surface area contributed by atoms with Crippen molar-refractivity contribution >= 4 is 29.3 Å². The smallest absolute Gasteiger partial charge is 0.338 e. The molecule has 0 bridgehead atoms. The van der Waals surface area contributed by atoms with Crippen molar-refractivity contribution in [2.24, 2.45) is 0 Å². The molecule has 0 saturated heterocycles. The third-order valence-corrected chi connectivity index (χ3v) is 3.29. The van der Waals surface area contributed by atoms with E-state index in [1.54, 1.807) is 0 Å². The summed E-state index contributed by atoms with van der Waals surface area (Å²) in [5.74, 6) is -1.03. The zero-order valence-electron chi connectivity index (χ0n) is 8.68. The number of hydrogen-bond donors (Lipinski definition) is 2. The fourth-order valence-electron chi connectivity index (χ4n) is 1.10. The van der Waals surface area contributed by atoms with E-state index >= 15 is 0 Å². The molecule has 0 saturated carbocycles. The minimum Gasteiger partial charge on any atom is -0.478 e. The Kier molecular flexibility index (Phi) is 5.05. The zero-order chi connectivity index (χ0) is 12.1. The van der Waals surface area contributed by atoms with Gasteiger partial charge in [0, 0.05) is 11.9 Å². The van der Waals surface area contributed by atoms with E-state index in [0.29, 0.717) is 11.4 Å². The zero-order valence-corrected chi connectivity index (χ0v) is 10.3. The van der Waals surface area contributed by atoms with Crippen LogP contribution in [0.4, 0.5) is 0 Å². The summed E-state index contributed by atoms with van der Waals surface area (Å²) < 4.78 is 0. The summed E-state index contributed by atoms with van der Waals surface area (Å²) in [5, 5.41) is 18.5. The van der Waals surface area contributed by atoms with Gasteiger partial charge in [0.25, 0.3) is 0 Å². The molecule has 1 rings (SSSR count). The van der Waals surface area contributed by atoms with E-state index in [-0.39, 0.29) is 22.6 Å². The van der Waals surface area contributed by atoms with Crippen LogP contribution < -0.4 is 0 Å². The number of aliphatic hydroxyl groups is 1. The monoisotopic (exact) mass is 261 g/mol. The Morgan fingerprint density at radius 2 is 2.31 bits per heavy atom. The minimum atomic E-state index is -1.03. The summed E-state index contributed by atoms with van der Waals surface area (Å²) in [6.07, 6.45) is 0.581. The molecule has 4 nitrogen and oxygen atoms in total. The van der Waals surface area contributed by atoms with Gasteiger partial charge in [-0.2, -0.15) is 0 Å².